The molecule has 3 aliphatic heterocycles. The molecule has 1 unspecified atom stereocenters. The van der Waals surface area contributed by atoms with Gasteiger partial charge in [-0.1, -0.05) is 66.7 Å². The van der Waals surface area contributed by atoms with Crippen LogP contribution in [0.25, 0.3) is 89.7 Å². The van der Waals surface area contributed by atoms with Crippen LogP contribution in [-0.2, 0) is 23.9 Å². The maximum absolute atomic E-state index is 12.6. The summed E-state index contributed by atoms with van der Waals surface area (Å²) in [5.74, 6) is -3.35. The molecule has 3 aliphatic rings. The van der Waals surface area contributed by atoms with Crippen molar-refractivity contribution >= 4 is 149 Å². The molecule has 10 N–H and O–H groups in total. The number of aromatic carboxylic acids is 1. The molecule has 15 heterocycles. The molecule has 0 saturated carbocycles. The molecule has 12 aromatic rings. The van der Waals surface area contributed by atoms with Gasteiger partial charge in [-0.05, 0) is 94.7 Å². The van der Waals surface area contributed by atoms with Crippen molar-refractivity contribution < 1.29 is 101 Å². The van der Waals surface area contributed by atoms with Crippen LogP contribution in [0.15, 0.2) is 111 Å². The summed E-state index contributed by atoms with van der Waals surface area (Å²) in [6, 6.07) is 7.19. The average Bonchev–Trinajstić information content (AvgIpc) is 1.65. The lowest BCUT2D eigenvalue weighted by atomic mass is 9.97. The first-order valence-corrected chi connectivity index (χ1v) is 40.0. The maximum Gasteiger partial charge on any atom is 0.405 e. The maximum atomic E-state index is 12.6. The highest BCUT2D eigenvalue weighted by molar-refractivity contribution is 6.32. The molecule has 0 spiro atoms. The van der Waals surface area contributed by atoms with E-state index in [0.717, 1.165) is 17.0 Å². The summed E-state index contributed by atoms with van der Waals surface area (Å²) in [5.41, 5.74) is 3.31. The van der Waals surface area contributed by atoms with Gasteiger partial charge in [-0.3, -0.25) is 19.2 Å². The summed E-state index contributed by atoms with van der Waals surface area (Å²) in [6.45, 7) is 2.38. The van der Waals surface area contributed by atoms with Crippen LogP contribution in [0.3, 0.4) is 0 Å². The number of carbonyl (C=O) groups excluding carboxylic acids is 5. The molecule has 0 aromatic carbocycles. The molecule has 3 fully saturated rings. The van der Waals surface area contributed by atoms with Crippen LogP contribution < -0.4 is 41.3 Å². The van der Waals surface area contributed by atoms with Crippen LogP contribution in [0.2, 0.25) is 20.1 Å². The number of ether oxygens (including phenoxy) is 1. The van der Waals surface area contributed by atoms with Crippen molar-refractivity contribution in [3.05, 3.63) is 142 Å². The predicted octanol–water partition coefficient (Wildman–Crippen LogP) is 16.1. The van der Waals surface area contributed by atoms with Gasteiger partial charge >= 0.3 is 36.6 Å². The number of pyridine rings is 4. The Hall–Kier alpha value is -12.6. The van der Waals surface area contributed by atoms with E-state index in [-0.39, 0.29) is 69.9 Å². The van der Waals surface area contributed by atoms with Crippen LogP contribution in [0, 0.1) is 5.92 Å². The van der Waals surface area contributed by atoms with E-state index >= 15 is 0 Å². The Morgan fingerprint density at radius 3 is 1.34 bits per heavy atom. The van der Waals surface area contributed by atoms with Crippen molar-refractivity contribution in [1.82, 2.24) is 101 Å². The zero-order chi connectivity index (χ0) is 90.9. The summed E-state index contributed by atoms with van der Waals surface area (Å²) in [7, 11) is 0. The summed E-state index contributed by atoms with van der Waals surface area (Å²) in [6.07, 6.45) is 3.24. The smallest absolute Gasteiger partial charge is 0.405 e. The van der Waals surface area contributed by atoms with E-state index in [1.54, 1.807) is 93.1 Å². The Labute approximate surface area is 735 Å². The number of carbonyl (C=O) groups is 6. The topological polar surface area (TPSA) is 420 Å². The number of alkyl halides is 12. The minimum Gasteiger partial charge on any atom is -0.477 e. The van der Waals surface area contributed by atoms with Gasteiger partial charge in [-0.2, -0.15) is 52.7 Å². The quantitative estimate of drug-likeness (QED) is 0.0222. The van der Waals surface area contributed by atoms with Gasteiger partial charge < -0.3 is 71.1 Å². The van der Waals surface area contributed by atoms with Crippen LogP contribution in [0.4, 0.5) is 76.0 Å². The van der Waals surface area contributed by atoms with Gasteiger partial charge in [0.2, 0.25) is 23.6 Å². The fourth-order valence-electron chi connectivity index (χ4n) is 14.1. The molecule has 680 valence electrons. The number of anilines is 4. The molecule has 126 heavy (non-hydrogen) atoms. The number of amides is 4. The SMILES string of the molecule is CC1(C(=O)NCC(F)(F)F)CCCN1c1ccnc(-c2c[nH]c3ncc(Cl)cc23)n1.CCOC(=O)c1cnc(-c2c[nH]c3ncc(Cl)cc23)nc1N1CCC[C@@H]1C(=O)NCC(F)(F)F.CC[C@H](C)[C@H](Nc1ccnc(-c2c[nH]c3ncc(Cl)cc23)n1)C(=O)NCC(F)(F)F.O=C(O)c1cnc(-c2c[nH]c3ncc(Cl)cc23)nc1N1CCC[C@@H]1C(=O)NCC(F)(F)F.[HH].[HH].[HH].[HH].[HH].[HH].[HH]. The van der Waals surface area contributed by atoms with E-state index < -0.39 is 110 Å². The van der Waals surface area contributed by atoms with Gasteiger partial charge in [0.05, 0.1) is 26.7 Å². The number of esters is 1. The molecule has 0 aliphatic carbocycles. The third-order valence-electron chi connectivity index (χ3n) is 20.2. The third kappa shape index (κ3) is 22.6. The van der Waals surface area contributed by atoms with Gasteiger partial charge in [-0.25, -0.2) is 69.4 Å². The highest BCUT2D eigenvalue weighted by Crippen LogP contribution is 2.39. The van der Waals surface area contributed by atoms with Crippen molar-refractivity contribution in [2.24, 2.45) is 5.92 Å². The molecule has 15 rings (SSSR count). The van der Waals surface area contributed by atoms with E-state index in [1.165, 1.54) is 47.0 Å². The summed E-state index contributed by atoms with van der Waals surface area (Å²) in [5, 5.41) is 24.7. The Morgan fingerprint density at radius 2 is 0.921 bits per heavy atom. The Kier molecular flexibility index (Phi) is 28.6. The number of rotatable bonds is 22. The van der Waals surface area contributed by atoms with Crippen molar-refractivity contribution in [1.29, 1.82) is 0 Å². The summed E-state index contributed by atoms with van der Waals surface area (Å²) in [4.78, 5) is 143. The van der Waals surface area contributed by atoms with Gasteiger partial charge in [0, 0.05) is 148 Å². The number of aromatic nitrogens is 16. The highest BCUT2D eigenvalue weighted by atomic mass is 35.5. The Bertz CT molecular complexity index is 6040. The van der Waals surface area contributed by atoms with E-state index in [9.17, 15) is 86.6 Å². The first-order chi connectivity index (χ1) is 59.7. The Balaban J connectivity index is 0.000000309. The van der Waals surface area contributed by atoms with Crippen molar-refractivity contribution in [2.75, 3.05) is 72.4 Å². The van der Waals surface area contributed by atoms with Crippen LogP contribution in [-0.4, -0.2) is 221 Å². The number of nitrogens with one attached hydrogen (secondary N) is 9. The van der Waals surface area contributed by atoms with Crippen molar-refractivity contribution in [3.63, 3.8) is 0 Å². The number of H-pyrrole nitrogens is 4. The fraction of sp³-hybridized carbons (Fsp3) is 0.359. The normalized spacial score (nSPS) is 16.5. The lowest BCUT2D eigenvalue weighted by Crippen LogP contribution is -2.55. The van der Waals surface area contributed by atoms with Gasteiger partial charge in [0.15, 0.2) is 23.3 Å². The zero-order valence-corrected chi connectivity index (χ0v) is 69.4. The van der Waals surface area contributed by atoms with Crippen LogP contribution in [0.1, 0.15) is 103 Å². The molecule has 3 saturated heterocycles. The molecule has 12 aromatic heterocycles. The minimum absolute atomic E-state index is 0. The number of aromatic amines is 4. The second kappa shape index (κ2) is 38.9. The lowest BCUT2D eigenvalue weighted by molar-refractivity contribution is -0.141. The monoisotopic (exact) mass is 1860 g/mol. The first kappa shape index (κ1) is 92.6. The van der Waals surface area contributed by atoms with E-state index in [2.05, 4.69) is 85.1 Å². The molecular formula is C78H88Cl4F12N24O8. The molecule has 4 amide bonds. The van der Waals surface area contributed by atoms with E-state index in [1.807, 2.05) is 28.2 Å². The third-order valence-corrected chi connectivity index (χ3v) is 21.0. The molecular weight excluding hydrogens is 1770 g/mol. The summed E-state index contributed by atoms with van der Waals surface area (Å²) < 4.78 is 156. The molecule has 5 atom stereocenters. The zero-order valence-electron chi connectivity index (χ0n) is 66.4. The molecule has 48 heteroatoms. The Morgan fingerprint density at radius 1 is 0.524 bits per heavy atom. The highest BCUT2D eigenvalue weighted by Gasteiger charge is 2.46. The molecule has 32 nitrogen and oxygen atoms in total. The average molecular weight is 1860 g/mol. The second-order valence-electron chi connectivity index (χ2n) is 28.9. The number of hydrogen-bond acceptors (Lipinski definition) is 23. The van der Waals surface area contributed by atoms with Gasteiger partial charge in [0.25, 0.3) is 0 Å². The van der Waals surface area contributed by atoms with Crippen LogP contribution in [0.5, 0.6) is 0 Å². The summed E-state index contributed by atoms with van der Waals surface area (Å²) >= 11 is 24.2. The number of nitrogens with zero attached hydrogens (tertiary/aromatic N) is 15. The number of fused-ring (bicyclic) bond motifs is 4. The largest absolute Gasteiger partial charge is 0.477 e. The van der Waals surface area contributed by atoms with E-state index in [4.69, 9.17) is 51.1 Å². The molecule has 0 radical (unpaired) electrons. The first-order valence-electron chi connectivity index (χ1n) is 38.4. The van der Waals surface area contributed by atoms with Gasteiger partial charge in [0.1, 0.15) is 107 Å². The standard InChI is InChI=1S/C21H20ClF3N6O3.C19H16ClF3N6O3.C19H18ClF3N6O.C19H20ClF3N6O.7H2/c1-2-34-20(33)14-9-28-17(13-8-27-16-12(13)6-11(22)7-26-16)30-18(14)31-5-3-4-15(31)19(32)29-10-21(23,24)25;20-9-4-10-11(6-25-14(10)24-5-9)15-26-7-12(18(31)32)16(28-15)29-3-1-2-13(29)17(30)27-8-19(21,22)23;1-18(17(30)27-10-19(21,22)23)4-2-6-29(18)14-3-5-24-16(28-14)13-9-26-15-12(13)7-11(20)8-25-15;1-3-10(2)15(18(30)27-9-19(21,22)23)28-14-4-5-24-17(29-14)13-8-26-16-12(13)6-11(20)7-25-16;;;;;;;/h6-9,15H,2-5,10H2,1H3,(H,26,27)(H,29,32);4-7,13H,1-3,8H2,(H,24,25)(H,27,30)(H,31,32);3,5,7-9H,2,4,6,10H2,1H3,(H,25,26)(H,27,30);4-8,10,15H,3,9H2,1-2H3,(H,25,26)(H,27,30)(H,24,28,29);7*1H/t15-;13-;;10-,15-;;;;;;;/m11.0......./s1. The molecule has 0 bridgehead atoms. The van der Waals surface area contributed by atoms with Crippen molar-refractivity contribution in [2.45, 2.75) is 121 Å². The minimum atomic E-state index is -4.56. The number of hydrogen-bond donors (Lipinski definition) is 10. The van der Waals surface area contributed by atoms with Crippen molar-refractivity contribution in [3.8, 4) is 45.6 Å². The van der Waals surface area contributed by atoms with Gasteiger partial charge in [-0.15, -0.1) is 0 Å². The van der Waals surface area contributed by atoms with Crippen LogP contribution >= 0.6 is 46.4 Å². The lowest BCUT2D eigenvalue weighted by Gasteiger charge is -2.35. The second-order valence-corrected chi connectivity index (χ2v) is 30.7. The number of carboxylic acid groups (broad SMARTS) is 1. The predicted molar refractivity (Wildman–Crippen MR) is 455 cm³/mol. The number of halogens is 16. The number of carboxylic acids is 1. The fourth-order valence-corrected chi connectivity index (χ4v) is 14.7. The van der Waals surface area contributed by atoms with E-state index in [0.29, 0.717) is 151 Å².